The number of aldehydes is 1. The van der Waals surface area contributed by atoms with Gasteiger partial charge in [0.05, 0.1) is 5.69 Å². The Morgan fingerprint density at radius 3 is 2.33 bits per heavy atom. The van der Waals surface area contributed by atoms with E-state index in [1.54, 1.807) is 17.9 Å². The number of halogens is 3. The smallest absolute Gasteiger partial charge is 0.349 e. The molecule has 10 nitrogen and oxygen atoms in total. The van der Waals surface area contributed by atoms with Crippen molar-refractivity contribution >= 4 is 29.7 Å². The number of likely N-dealkylation sites (N-methyl/N-ethyl adjacent to an activating group) is 1. The summed E-state index contributed by atoms with van der Waals surface area (Å²) < 4.78 is 45.8. The summed E-state index contributed by atoms with van der Waals surface area (Å²) in [4.78, 5) is 58.7. The van der Waals surface area contributed by atoms with Gasteiger partial charge in [0.15, 0.2) is 0 Å². The molecule has 3 amide bonds. The maximum Gasteiger partial charge on any atom is 0.349 e. The lowest BCUT2D eigenvalue weighted by Crippen LogP contribution is -2.62. The minimum atomic E-state index is -3.93. The van der Waals surface area contributed by atoms with E-state index in [0.29, 0.717) is 50.9 Å². The van der Waals surface area contributed by atoms with Crippen molar-refractivity contribution in [1.82, 2.24) is 25.4 Å². The summed E-state index contributed by atoms with van der Waals surface area (Å²) in [6, 6.07) is 5.48. The van der Waals surface area contributed by atoms with E-state index in [4.69, 9.17) is 0 Å². The van der Waals surface area contributed by atoms with E-state index >= 15 is 13.2 Å². The number of carbonyl (C=O) groups excluding carboxylic acids is 4. The molecule has 250 valence electrons. The molecule has 2 atom stereocenters. The van der Waals surface area contributed by atoms with Crippen LogP contribution in [0, 0.1) is 11.7 Å². The molecule has 2 fully saturated rings. The summed E-state index contributed by atoms with van der Waals surface area (Å²) in [5.74, 6) is -7.21. The first-order chi connectivity index (χ1) is 22.0. The van der Waals surface area contributed by atoms with Gasteiger partial charge in [0.25, 0.3) is 5.91 Å². The largest absolute Gasteiger partial charge is 0.380 e. The molecule has 2 aromatic rings. The Kier molecular flexibility index (Phi) is 11.8. The summed E-state index contributed by atoms with van der Waals surface area (Å²) in [6.45, 7) is 3.83. The number of hydrogen-bond donors (Lipinski definition) is 3. The molecule has 0 radical (unpaired) electrons. The number of pyridine rings is 1. The van der Waals surface area contributed by atoms with Gasteiger partial charge in [-0.2, -0.15) is 8.78 Å². The van der Waals surface area contributed by atoms with Crippen LogP contribution in [0.3, 0.4) is 0 Å². The van der Waals surface area contributed by atoms with Crippen molar-refractivity contribution in [3.63, 3.8) is 0 Å². The number of nitrogens with one attached hydrogen (secondary N) is 3. The average molecular weight is 645 g/mol. The number of aromatic nitrogens is 1. The van der Waals surface area contributed by atoms with Gasteiger partial charge >= 0.3 is 5.92 Å². The van der Waals surface area contributed by atoms with E-state index < -0.39 is 40.7 Å². The van der Waals surface area contributed by atoms with Crippen LogP contribution in [0.15, 0.2) is 42.7 Å². The van der Waals surface area contributed by atoms with Crippen LogP contribution >= 0.6 is 0 Å². The molecule has 1 saturated heterocycles. The number of benzene rings is 1. The Bertz CT molecular complexity index is 1370. The third-order valence-corrected chi connectivity index (χ3v) is 9.03. The van der Waals surface area contributed by atoms with Gasteiger partial charge in [-0.15, -0.1) is 0 Å². The molecule has 1 aliphatic heterocycles. The normalized spacial score (nSPS) is 18.2. The van der Waals surface area contributed by atoms with Gasteiger partial charge in [0.1, 0.15) is 23.7 Å². The summed E-state index contributed by atoms with van der Waals surface area (Å²) in [7, 11) is 1.97. The molecule has 1 aromatic carbocycles. The van der Waals surface area contributed by atoms with Crippen molar-refractivity contribution in [1.29, 1.82) is 0 Å². The molecule has 1 aliphatic carbocycles. The number of hydrogen-bond acceptors (Lipinski definition) is 7. The van der Waals surface area contributed by atoms with Gasteiger partial charge in [-0.1, -0.05) is 32.3 Å². The fourth-order valence-corrected chi connectivity index (χ4v) is 6.11. The number of nitrogens with zero attached hydrogens (tertiary/aromatic N) is 3. The predicted octanol–water partition coefficient (Wildman–Crippen LogP) is 3.27. The maximum atomic E-state index is 15.5. The van der Waals surface area contributed by atoms with Crippen LogP contribution in [0.25, 0.3) is 0 Å². The fourth-order valence-electron chi connectivity index (χ4n) is 6.11. The van der Waals surface area contributed by atoms with Crippen LogP contribution in [-0.2, 0) is 31.5 Å². The first-order valence-electron chi connectivity index (χ1n) is 15.8. The van der Waals surface area contributed by atoms with E-state index in [2.05, 4.69) is 25.8 Å². The number of amides is 3. The quantitative estimate of drug-likeness (QED) is 0.286. The van der Waals surface area contributed by atoms with Gasteiger partial charge in [-0.25, -0.2) is 4.39 Å². The van der Waals surface area contributed by atoms with Gasteiger partial charge in [-0.05, 0) is 55.6 Å². The topological polar surface area (TPSA) is 124 Å². The van der Waals surface area contributed by atoms with Crippen LogP contribution in [0.2, 0.25) is 0 Å². The fraction of sp³-hybridized carbons (Fsp3) is 0.545. The second-order valence-corrected chi connectivity index (χ2v) is 12.2. The minimum absolute atomic E-state index is 0.000431. The number of rotatable bonds is 13. The second-order valence-electron chi connectivity index (χ2n) is 12.2. The van der Waals surface area contributed by atoms with Crippen molar-refractivity contribution in [2.75, 3.05) is 45.1 Å². The van der Waals surface area contributed by atoms with Gasteiger partial charge in [-0.3, -0.25) is 19.4 Å². The molecule has 0 spiro atoms. The minimum Gasteiger partial charge on any atom is -0.380 e. The highest BCUT2D eigenvalue weighted by molar-refractivity contribution is 5.89. The summed E-state index contributed by atoms with van der Waals surface area (Å²) in [6.07, 6.45) is 6.57. The first-order valence-corrected chi connectivity index (χ1v) is 15.8. The van der Waals surface area contributed by atoms with E-state index in [0.717, 1.165) is 43.8 Å². The molecular weight excluding hydrogens is 601 g/mol. The van der Waals surface area contributed by atoms with Crippen LogP contribution in [-0.4, -0.2) is 90.1 Å². The Balaban J connectivity index is 1.51. The molecule has 2 heterocycles. The monoisotopic (exact) mass is 644 g/mol. The highest BCUT2D eigenvalue weighted by Gasteiger charge is 2.48. The van der Waals surface area contributed by atoms with E-state index in [1.807, 2.05) is 7.05 Å². The molecule has 46 heavy (non-hydrogen) atoms. The molecule has 1 saturated carbocycles. The average Bonchev–Trinajstić information content (AvgIpc) is 3.07. The standard InChI is InChI=1S/C33H43F3N6O4/c1-3-29(44)39-28(30(45)42-17-15-41(2)16-18-42)20-23-9-10-27(26(34)19-23)38-21-32(22-43,24-7-5-4-6-8-24)40-31(46)33(35,36)25-11-13-37-14-12-25/h9-14,19,22,24,28,38H,3-8,15-18,20-21H2,1-2H3,(H,39,44)(H,40,46)/t28-,32-/m1/s1. The summed E-state index contributed by atoms with van der Waals surface area (Å²) in [5.41, 5.74) is -1.81. The molecular formula is C33H43F3N6O4. The Labute approximate surface area is 267 Å². The van der Waals surface area contributed by atoms with Gasteiger partial charge in [0.2, 0.25) is 11.8 Å². The summed E-state index contributed by atoms with van der Waals surface area (Å²) >= 11 is 0. The van der Waals surface area contributed by atoms with Crippen molar-refractivity contribution in [3.05, 3.63) is 59.7 Å². The number of anilines is 1. The van der Waals surface area contributed by atoms with E-state index in [-0.39, 0.29) is 36.9 Å². The van der Waals surface area contributed by atoms with E-state index in [1.165, 1.54) is 12.1 Å². The Hall–Kier alpha value is -4.00. The van der Waals surface area contributed by atoms with Crippen LogP contribution in [0.1, 0.15) is 56.6 Å². The van der Waals surface area contributed by atoms with Crippen LogP contribution < -0.4 is 16.0 Å². The van der Waals surface area contributed by atoms with Crippen molar-refractivity contribution in [2.45, 2.75) is 69.4 Å². The lowest BCUT2D eigenvalue weighted by molar-refractivity contribution is -0.151. The first kappa shape index (κ1) is 34.9. The number of carbonyl (C=O) groups is 4. The molecule has 0 bridgehead atoms. The van der Waals surface area contributed by atoms with Crippen molar-refractivity contribution < 1.29 is 32.3 Å². The molecule has 3 N–H and O–H groups in total. The zero-order valence-corrected chi connectivity index (χ0v) is 26.4. The number of piperazine rings is 1. The molecule has 13 heteroatoms. The highest BCUT2D eigenvalue weighted by atomic mass is 19.3. The third-order valence-electron chi connectivity index (χ3n) is 9.03. The number of alkyl halides is 2. The van der Waals surface area contributed by atoms with Crippen molar-refractivity contribution in [2.24, 2.45) is 5.92 Å². The lowest BCUT2D eigenvalue weighted by atomic mass is 9.75. The van der Waals surface area contributed by atoms with E-state index in [9.17, 15) is 19.2 Å². The van der Waals surface area contributed by atoms with Crippen LogP contribution in [0.5, 0.6) is 0 Å². The Morgan fingerprint density at radius 2 is 1.72 bits per heavy atom. The maximum absolute atomic E-state index is 15.5. The summed E-state index contributed by atoms with van der Waals surface area (Å²) in [5, 5.41) is 7.97. The molecule has 4 rings (SSSR count). The predicted molar refractivity (Wildman–Crippen MR) is 167 cm³/mol. The highest BCUT2D eigenvalue weighted by Crippen LogP contribution is 2.35. The molecule has 0 unspecified atom stereocenters. The van der Waals surface area contributed by atoms with Crippen molar-refractivity contribution in [3.8, 4) is 0 Å². The molecule has 1 aromatic heterocycles. The molecule has 2 aliphatic rings. The SMILES string of the molecule is CCC(=O)N[C@H](Cc1ccc(NC[C@](C=O)(NC(=O)C(F)(F)c2ccncc2)C2CCCCC2)c(F)c1)C(=O)N1CCN(C)CC1. The van der Waals surface area contributed by atoms with Gasteiger partial charge < -0.3 is 30.5 Å². The van der Waals surface area contributed by atoms with Gasteiger partial charge in [0, 0.05) is 63.5 Å². The Morgan fingerprint density at radius 1 is 1.04 bits per heavy atom. The third kappa shape index (κ3) is 8.42. The zero-order chi connectivity index (χ0) is 33.3. The zero-order valence-electron chi connectivity index (χ0n) is 26.4. The lowest BCUT2D eigenvalue weighted by Gasteiger charge is -2.40. The second kappa shape index (κ2) is 15.5. The van der Waals surface area contributed by atoms with Crippen LogP contribution in [0.4, 0.5) is 18.9 Å².